The van der Waals surface area contributed by atoms with E-state index in [1.54, 1.807) is 0 Å². The Hall–Kier alpha value is -1.14. The summed E-state index contributed by atoms with van der Waals surface area (Å²) in [4.78, 5) is 14.2. The summed E-state index contributed by atoms with van der Waals surface area (Å²) in [6.45, 7) is 2.49. The molecule has 0 saturated carbocycles. The fourth-order valence-corrected chi connectivity index (χ4v) is 4.24. The zero-order valence-corrected chi connectivity index (χ0v) is 11.2. The summed E-state index contributed by atoms with van der Waals surface area (Å²) >= 11 is 0. The van der Waals surface area contributed by atoms with Crippen molar-refractivity contribution >= 4 is 10.0 Å². The van der Waals surface area contributed by atoms with Gasteiger partial charge >= 0.3 is 0 Å². The van der Waals surface area contributed by atoms with E-state index in [1.165, 1.54) is 22.8 Å². The summed E-state index contributed by atoms with van der Waals surface area (Å²) in [5.41, 5.74) is -0.450. The van der Waals surface area contributed by atoms with Crippen LogP contribution in [0.15, 0.2) is 28.2 Å². The van der Waals surface area contributed by atoms with Crippen molar-refractivity contribution in [2.75, 3.05) is 6.54 Å². The van der Waals surface area contributed by atoms with E-state index in [0.717, 1.165) is 25.7 Å². The van der Waals surface area contributed by atoms with Crippen LogP contribution < -0.4 is 5.43 Å². The second kappa shape index (κ2) is 5.24. The van der Waals surface area contributed by atoms with Crippen LogP contribution in [0, 0.1) is 0 Å². The van der Waals surface area contributed by atoms with Gasteiger partial charge in [-0.1, -0.05) is 13.3 Å². The molecule has 1 N–H and O–H groups in total. The van der Waals surface area contributed by atoms with Gasteiger partial charge in [0.1, 0.15) is 4.90 Å². The molecule has 1 fully saturated rings. The first-order valence-corrected chi connectivity index (χ1v) is 7.70. The van der Waals surface area contributed by atoms with Crippen LogP contribution in [-0.4, -0.2) is 30.3 Å². The molecule has 0 aliphatic carbocycles. The van der Waals surface area contributed by atoms with Gasteiger partial charge in [0.15, 0.2) is 0 Å². The van der Waals surface area contributed by atoms with E-state index in [1.807, 2.05) is 6.92 Å². The van der Waals surface area contributed by atoms with E-state index < -0.39 is 15.5 Å². The lowest BCUT2D eigenvalue weighted by Crippen LogP contribution is -2.44. The van der Waals surface area contributed by atoms with Gasteiger partial charge in [0, 0.05) is 31.0 Å². The predicted molar refractivity (Wildman–Crippen MR) is 68.9 cm³/mol. The Morgan fingerprint density at radius 3 is 2.89 bits per heavy atom. The molecule has 0 amide bonds. The van der Waals surface area contributed by atoms with Crippen LogP contribution in [0.5, 0.6) is 0 Å². The van der Waals surface area contributed by atoms with E-state index in [0.29, 0.717) is 6.54 Å². The third-order valence-electron chi connectivity index (χ3n) is 3.42. The van der Waals surface area contributed by atoms with E-state index >= 15 is 0 Å². The van der Waals surface area contributed by atoms with Gasteiger partial charge in [-0.25, -0.2) is 8.42 Å². The first-order valence-electron chi connectivity index (χ1n) is 6.26. The maximum Gasteiger partial charge on any atom is 0.248 e. The molecule has 1 aliphatic heterocycles. The van der Waals surface area contributed by atoms with Crippen molar-refractivity contribution in [3.05, 3.63) is 28.7 Å². The molecule has 1 aromatic rings. The zero-order chi connectivity index (χ0) is 13.2. The monoisotopic (exact) mass is 270 g/mol. The van der Waals surface area contributed by atoms with Crippen molar-refractivity contribution < 1.29 is 8.42 Å². The lowest BCUT2D eigenvalue weighted by atomic mass is 10.0. The molecule has 1 unspecified atom stereocenters. The Labute approximate surface area is 107 Å². The van der Waals surface area contributed by atoms with Gasteiger partial charge in [-0.05, 0) is 19.3 Å². The molecule has 1 saturated heterocycles. The Morgan fingerprint density at radius 2 is 2.22 bits per heavy atom. The van der Waals surface area contributed by atoms with Crippen molar-refractivity contribution in [1.82, 2.24) is 9.29 Å². The van der Waals surface area contributed by atoms with Crippen LogP contribution >= 0.6 is 0 Å². The maximum atomic E-state index is 12.5. The summed E-state index contributed by atoms with van der Waals surface area (Å²) in [6.07, 6.45) is 6.29. The number of aromatic amines is 1. The molecular formula is C12H18N2O3S. The van der Waals surface area contributed by atoms with Gasteiger partial charge in [-0.3, -0.25) is 4.79 Å². The molecule has 0 spiro atoms. The average Bonchev–Trinajstić information content (AvgIpc) is 2.39. The largest absolute Gasteiger partial charge is 0.366 e. The third-order valence-corrected chi connectivity index (χ3v) is 5.39. The molecule has 100 valence electrons. The summed E-state index contributed by atoms with van der Waals surface area (Å²) < 4.78 is 26.5. The number of H-pyrrole nitrogens is 1. The second-order valence-corrected chi connectivity index (χ2v) is 6.41. The SMILES string of the molecule is CCC1CCCCN1S(=O)(=O)c1c[nH]ccc1=O. The lowest BCUT2D eigenvalue weighted by Gasteiger charge is -2.33. The number of hydrogen-bond acceptors (Lipinski definition) is 3. The molecule has 2 rings (SSSR count). The fraction of sp³-hybridized carbons (Fsp3) is 0.583. The predicted octanol–water partition coefficient (Wildman–Crippen LogP) is 1.33. The van der Waals surface area contributed by atoms with Crippen molar-refractivity contribution in [3.63, 3.8) is 0 Å². The molecule has 0 aromatic carbocycles. The number of rotatable bonds is 3. The minimum absolute atomic E-state index is 0.0170. The van der Waals surface area contributed by atoms with Crippen LogP contribution in [0.4, 0.5) is 0 Å². The summed E-state index contributed by atoms with van der Waals surface area (Å²) in [6, 6.07) is 1.26. The molecule has 1 aliphatic rings. The number of sulfonamides is 1. The van der Waals surface area contributed by atoms with Crippen LogP contribution in [0.3, 0.4) is 0 Å². The number of nitrogens with zero attached hydrogens (tertiary/aromatic N) is 1. The first-order chi connectivity index (χ1) is 8.57. The molecule has 1 aromatic heterocycles. The third kappa shape index (κ3) is 2.35. The lowest BCUT2D eigenvalue weighted by molar-refractivity contribution is 0.246. The van der Waals surface area contributed by atoms with E-state index in [4.69, 9.17) is 0 Å². The number of pyridine rings is 1. The molecular weight excluding hydrogens is 252 g/mol. The molecule has 1 atom stereocenters. The van der Waals surface area contributed by atoms with Gasteiger partial charge in [0.05, 0.1) is 0 Å². The highest BCUT2D eigenvalue weighted by atomic mass is 32.2. The Morgan fingerprint density at radius 1 is 1.44 bits per heavy atom. The smallest absolute Gasteiger partial charge is 0.248 e. The van der Waals surface area contributed by atoms with E-state index in [-0.39, 0.29) is 10.9 Å². The highest BCUT2D eigenvalue weighted by molar-refractivity contribution is 7.89. The van der Waals surface area contributed by atoms with Gasteiger partial charge in [-0.15, -0.1) is 0 Å². The summed E-state index contributed by atoms with van der Waals surface area (Å²) in [5.74, 6) is 0. The fourth-order valence-electron chi connectivity index (χ4n) is 2.43. The van der Waals surface area contributed by atoms with E-state index in [2.05, 4.69) is 4.98 Å². The standard InChI is InChI=1S/C12H18N2O3S/c1-2-10-5-3-4-8-14(10)18(16,17)12-9-13-7-6-11(12)15/h6-7,9-10H,2-5,8H2,1H3,(H,13,15). The molecule has 2 heterocycles. The number of hydrogen-bond donors (Lipinski definition) is 1. The summed E-state index contributed by atoms with van der Waals surface area (Å²) in [5, 5.41) is 0. The first kappa shape index (κ1) is 13.3. The average molecular weight is 270 g/mol. The molecule has 0 bridgehead atoms. The number of piperidine rings is 1. The van der Waals surface area contributed by atoms with Crippen LogP contribution in [0.1, 0.15) is 32.6 Å². The van der Waals surface area contributed by atoms with Gasteiger partial charge < -0.3 is 4.98 Å². The molecule has 6 heteroatoms. The van der Waals surface area contributed by atoms with Gasteiger partial charge in [-0.2, -0.15) is 4.31 Å². The Balaban J connectivity index is 2.42. The second-order valence-electron chi connectivity index (χ2n) is 4.55. The highest BCUT2D eigenvalue weighted by Gasteiger charge is 2.33. The Kier molecular flexibility index (Phi) is 3.87. The van der Waals surface area contributed by atoms with Crippen molar-refractivity contribution in [1.29, 1.82) is 0 Å². The maximum absolute atomic E-state index is 12.5. The molecule has 5 nitrogen and oxygen atoms in total. The normalized spacial score (nSPS) is 21.9. The zero-order valence-electron chi connectivity index (χ0n) is 10.4. The molecule has 18 heavy (non-hydrogen) atoms. The van der Waals surface area contributed by atoms with Crippen molar-refractivity contribution in [2.45, 2.75) is 43.5 Å². The van der Waals surface area contributed by atoms with Gasteiger partial charge in [0.25, 0.3) is 0 Å². The Bertz CT molecular complexity index is 565. The van der Waals surface area contributed by atoms with Crippen molar-refractivity contribution in [2.24, 2.45) is 0 Å². The minimum Gasteiger partial charge on any atom is -0.366 e. The van der Waals surface area contributed by atoms with Crippen LogP contribution in [0.2, 0.25) is 0 Å². The van der Waals surface area contributed by atoms with Crippen molar-refractivity contribution in [3.8, 4) is 0 Å². The van der Waals surface area contributed by atoms with Crippen LogP contribution in [-0.2, 0) is 10.0 Å². The molecule has 0 radical (unpaired) electrons. The van der Waals surface area contributed by atoms with Crippen LogP contribution in [0.25, 0.3) is 0 Å². The minimum atomic E-state index is -3.66. The quantitative estimate of drug-likeness (QED) is 0.900. The van der Waals surface area contributed by atoms with E-state index in [9.17, 15) is 13.2 Å². The number of aromatic nitrogens is 1. The number of nitrogens with one attached hydrogen (secondary N) is 1. The highest BCUT2D eigenvalue weighted by Crippen LogP contribution is 2.25. The summed E-state index contributed by atoms with van der Waals surface area (Å²) in [7, 11) is -3.66. The topological polar surface area (TPSA) is 70.2 Å². The van der Waals surface area contributed by atoms with Gasteiger partial charge in [0.2, 0.25) is 15.5 Å².